The van der Waals surface area contributed by atoms with Crippen molar-refractivity contribution < 1.29 is 21.6 Å². The molecule has 2 heterocycles. The molecule has 6 nitrogen and oxygen atoms in total. The van der Waals surface area contributed by atoms with Crippen LogP contribution in [-0.2, 0) is 19.7 Å². The van der Waals surface area contributed by atoms with Crippen LogP contribution in [0.15, 0.2) is 56.9 Å². The normalized spacial score (nSPS) is 12.4. The Morgan fingerprint density at radius 2 is 1.45 bits per heavy atom. The minimum Gasteiger partial charge on any atom is -0.311 e. The summed E-state index contributed by atoms with van der Waals surface area (Å²) in [6.45, 7) is 5.14. The molecule has 2 aromatic heterocycles. The Bertz CT molecular complexity index is 1360. The van der Waals surface area contributed by atoms with Gasteiger partial charge in [0.1, 0.15) is 15.5 Å². The maximum absolute atomic E-state index is 13.6. The molecule has 31 heavy (non-hydrogen) atoms. The van der Waals surface area contributed by atoms with E-state index in [9.17, 15) is 21.6 Å². The molecule has 3 aromatic rings. The largest absolute Gasteiger partial charge is 0.311 e. The number of carbonyl (C=O) groups is 1. The standard InChI is InChI=1S/C22H24BrNO5S2/c1-4-13-30(26,27)21-18-15(3)7-6-12-24(18)19(22(21)31(28,29)14-5-2)20(25)16-8-10-17(23)11-9-16/h6-12H,4-5,13-14H2,1-3H3. The molecule has 0 spiro atoms. The van der Waals surface area contributed by atoms with Crippen molar-refractivity contribution in [2.75, 3.05) is 11.5 Å². The molecule has 0 fully saturated rings. The lowest BCUT2D eigenvalue weighted by Gasteiger charge is -2.09. The van der Waals surface area contributed by atoms with Crippen molar-refractivity contribution in [3.05, 3.63) is 63.9 Å². The van der Waals surface area contributed by atoms with Crippen LogP contribution in [0.2, 0.25) is 0 Å². The molecule has 3 rings (SSSR count). The molecule has 0 saturated heterocycles. The molecule has 0 aliphatic carbocycles. The van der Waals surface area contributed by atoms with Gasteiger partial charge in [-0.25, -0.2) is 16.8 Å². The highest BCUT2D eigenvalue weighted by atomic mass is 79.9. The molecule has 0 saturated carbocycles. The van der Waals surface area contributed by atoms with E-state index in [2.05, 4.69) is 15.9 Å². The van der Waals surface area contributed by atoms with Crippen molar-refractivity contribution in [1.82, 2.24) is 4.40 Å². The van der Waals surface area contributed by atoms with Gasteiger partial charge >= 0.3 is 0 Å². The Kier molecular flexibility index (Phi) is 6.78. The summed E-state index contributed by atoms with van der Waals surface area (Å²) in [6, 6.07) is 9.92. The fraction of sp³-hybridized carbons (Fsp3) is 0.318. The molecular weight excluding hydrogens is 502 g/mol. The SMILES string of the molecule is CCCS(=O)(=O)c1c(S(=O)(=O)CCC)c2c(C)cccn2c1C(=O)c1ccc(Br)cc1. The number of carbonyl (C=O) groups excluding carboxylic acids is 1. The lowest BCUT2D eigenvalue weighted by atomic mass is 10.1. The lowest BCUT2D eigenvalue weighted by molar-refractivity contribution is 0.103. The van der Waals surface area contributed by atoms with Gasteiger partial charge in [0.15, 0.2) is 19.7 Å². The van der Waals surface area contributed by atoms with Gasteiger partial charge < -0.3 is 4.40 Å². The molecule has 0 aliphatic rings. The van der Waals surface area contributed by atoms with Crippen molar-refractivity contribution in [2.24, 2.45) is 0 Å². The second-order valence-electron chi connectivity index (χ2n) is 7.39. The molecule has 0 amide bonds. The van der Waals surface area contributed by atoms with E-state index < -0.39 is 25.5 Å². The highest BCUT2D eigenvalue weighted by Crippen LogP contribution is 2.37. The third kappa shape index (κ3) is 4.36. The summed E-state index contributed by atoms with van der Waals surface area (Å²) in [7, 11) is -8.00. The van der Waals surface area contributed by atoms with Crippen molar-refractivity contribution in [3.8, 4) is 0 Å². The number of nitrogens with zero attached hydrogens (tertiary/aromatic N) is 1. The summed E-state index contributed by atoms with van der Waals surface area (Å²) < 4.78 is 55.5. The van der Waals surface area contributed by atoms with Gasteiger partial charge in [0, 0.05) is 16.2 Å². The molecule has 166 valence electrons. The van der Waals surface area contributed by atoms with Crippen molar-refractivity contribution in [1.29, 1.82) is 0 Å². The monoisotopic (exact) mass is 525 g/mol. The molecule has 0 N–H and O–H groups in total. The molecule has 0 aliphatic heterocycles. The Morgan fingerprint density at radius 3 is 2.00 bits per heavy atom. The summed E-state index contributed by atoms with van der Waals surface area (Å²) in [6.07, 6.45) is 2.17. The number of halogens is 1. The minimum atomic E-state index is -4.04. The van der Waals surface area contributed by atoms with Crippen LogP contribution in [0.5, 0.6) is 0 Å². The number of benzene rings is 1. The van der Waals surface area contributed by atoms with Gasteiger partial charge in [0.25, 0.3) is 0 Å². The summed E-state index contributed by atoms with van der Waals surface area (Å²) in [5.74, 6) is -1.000. The van der Waals surface area contributed by atoms with E-state index in [0.29, 0.717) is 18.4 Å². The topological polar surface area (TPSA) is 89.8 Å². The third-order valence-electron chi connectivity index (χ3n) is 4.96. The molecule has 0 unspecified atom stereocenters. The molecule has 9 heteroatoms. The number of ketones is 1. The number of hydrogen-bond donors (Lipinski definition) is 0. The first-order chi connectivity index (χ1) is 14.5. The van der Waals surface area contributed by atoms with Gasteiger partial charge in [-0.15, -0.1) is 0 Å². The van der Waals surface area contributed by atoms with Crippen LogP contribution >= 0.6 is 15.9 Å². The van der Waals surface area contributed by atoms with Crippen LogP contribution in [0.1, 0.15) is 48.3 Å². The van der Waals surface area contributed by atoms with E-state index in [1.807, 2.05) is 0 Å². The zero-order valence-electron chi connectivity index (χ0n) is 17.6. The third-order valence-corrected chi connectivity index (χ3v) is 9.55. The molecule has 0 radical (unpaired) electrons. The first-order valence-corrected chi connectivity index (χ1v) is 14.0. The Morgan fingerprint density at radius 1 is 0.903 bits per heavy atom. The average Bonchev–Trinajstić information content (AvgIpc) is 3.06. The molecule has 0 bridgehead atoms. The van der Waals surface area contributed by atoms with E-state index in [1.165, 1.54) is 4.40 Å². The number of aromatic nitrogens is 1. The maximum atomic E-state index is 13.6. The highest BCUT2D eigenvalue weighted by molar-refractivity contribution is 9.10. The van der Waals surface area contributed by atoms with Gasteiger partial charge in [-0.1, -0.05) is 35.8 Å². The first-order valence-electron chi connectivity index (χ1n) is 9.94. The summed E-state index contributed by atoms with van der Waals surface area (Å²) in [4.78, 5) is 12.9. The quantitative estimate of drug-likeness (QED) is 0.400. The summed E-state index contributed by atoms with van der Waals surface area (Å²) in [5, 5.41) is 0. The number of hydrogen-bond acceptors (Lipinski definition) is 5. The van der Waals surface area contributed by atoms with E-state index >= 15 is 0 Å². The summed E-state index contributed by atoms with van der Waals surface area (Å²) >= 11 is 3.32. The average molecular weight is 526 g/mol. The number of aryl methyl sites for hydroxylation is 1. The van der Waals surface area contributed by atoms with Gasteiger partial charge in [0.05, 0.1) is 17.0 Å². The second-order valence-corrected chi connectivity index (χ2v) is 12.4. The fourth-order valence-corrected chi connectivity index (χ4v) is 7.99. The Labute approximate surface area is 191 Å². The molecular formula is C22H24BrNO5S2. The van der Waals surface area contributed by atoms with E-state index in [1.54, 1.807) is 63.4 Å². The minimum absolute atomic E-state index is 0.135. The van der Waals surface area contributed by atoms with Crippen LogP contribution in [0.25, 0.3) is 5.52 Å². The van der Waals surface area contributed by atoms with Gasteiger partial charge in [-0.3, -0.25) is 4.79 Å². The van der Waals surface area contributed by atoms with E-state index in [4.69, 9.17) is 0 Å². The van der Waals surface area contributed by atoms with Crippen molar-refractivity contribution in [2.45, 2.75) is 43.4 Å². The van der Waals surface area contributed by atoms with Gasteiger partial charge in [-0.05, 0) is 55.7 Å². The molecule has 0 atom stereocenters. The smallest absolute Gasteiger partial charge is 0.211 e. The van der Waals surface area contributed by atoms with Crippen LogP contribution in [-0.4, -0.2) is 38.5 Å². The Balaban J connectivity index is 2.53. The van der Waals surface area contributed by atoms with Crippen molar-refractivity contribution in [3.63, 3.8) is 0 Å². The first kappa shape index (κ1) is 23.7. The van der Waals surface area contributed by atoms with Crippen molar-refractivity contribution >= 4 is 46.9 Å². The predicted octanol–water partition coefficient (Wildman–Crippen LogP) is 4.61. The lowest BCUT2D eigenvalue weighted by Crippen LogP contribution is -2.17. The van der Waals surface area contributed by atoms with E-state index in [0.717, 1.165) is 4.47 Å². The number of pyridine rings is 1. The predicted molar refractivity (Wildman–Crippen MR) is 124 cm³/mol. The van der Waals surface area contributed by atoms with E-state index in [-0.39, 0.29) is 38.1 Å². The molecule has 1 aromatic carbocycles. The van der Waals surface area contributed by atoms with Crippen LogP contribution < -0.4 is 0 Å². The Hall–Kier alpha value is -1.97. The summed E-state index contributed by atoms with van der Waals surface area (Å²) in [5.41, 5.74) is 0.965. The zero-order chi connectivity index (χ0) is 23.0. The highest BCUT2D eigenvalue weighted by Gasteiger charge is 2.37. The number of rotatable bonds is 8. The fourth-order valence-electron chi connectivity index (χ4n) is 3.69. The van der Waals surface area contributed by atoms with Crippen LogP contribution in [0, 0.1) is 6.92 Å². The van der Waals surface area contributed by atoms with Crippen LogP contribution in [0.4, 0.5) is 0 Å². The van der Waals surface area contributed by atoms with Gasteiger partial charge in [0.2, 0.25) is 5.78 Å². The zero-order valence-corrected chi connectivity index (χ0v) is 20.8. The second kappa shape index (κ2) is 8.88. The van der Waals surface area contributed by atoms with Gasteiger partial charge in [-0.2, -0.15) is 0 Å². The van der Waals surface area contributed by atoms with Crippen LogP contribution in [0.3, 0.4) is 0 Å². The number of sulfone groups is 2. The maximum Gasteiger partial charge on any atom is 0.211 e. The number of fused-ring (bicyclic) bond motifs is 1.